The van der Waals surface area contributed by atoms with E-state index in [2.05, 4.69) is 5.32 Å². The lowest BCUT2D eigenvalue weighted by molar-refractivity contribution is -0.132. The average molecular weight is 906 g/mol. The number of nitrogens with one attached hydrogen (secondary N) is 1. The van der Waals surface area contributed by atoms with Gasteiger partial charge in [-0.15, -0.1) is 0 Å². The zero-order valence-electron chi connectivity index (χ0n) is 35.1. The summed E-state index contributed by atoms with van der Waals surface area (Å²) in [5.41, 5.74) is 1.81. The first-order chi connectivity index (χ1) is 32.5. The van der Waals surface area contributed by atoms with Gasteiger partial charge in [0, 0.05) is 68.6 Å². The number of aromatic carboxylic acids is 2. The molecule has 0 atom stereocenters. The Kier molecular flexibility index (Phi) is 10.6. The number of hydrogen-bond acceptors (Lipinski definition) is 9. The maximum Gasteiger partial charge on any atom is 0.336 e. The van der Waals surface area contributed by atoms with Crippen molar-refractivity contribution in [1.29, 1.82) is 0 Å². The predicted octanol–water partition coefficient (Wildman–Crippen LogP) is 8.48. The molecular weight excluding hydrogens is 875 g/mol. The Morgan fingerprint density at radius 1 is 0.441 bits per heavy atom. The summed E-state index contributed by atoms with van der Waals surface area (Å²) in [5.74, 6) is -9.13. The monoisotopic (exact) mass is 905 g/mol. The van der Waals surface area contributed by atoms with E-state index in [0.29, 0.717) is 33.4 Å². The fourth-order valence-electron chi connectivity index (χ4n) is 8.69. The molecule has 0 bridgehead atoms. The van der Waals surface area contributed by atoms with Gasteiger partial charge in [0.15, 0.2) is 0 Å². The minimum Gasteiger partial charge on any atom is -0.478 e. The number of carboxylic acids is 4. The summed E-state index contributed by atoms with van der Waals surface area (Å²) in [6.45, 7) is 1.20. The molecular formula is C52H31N3O13. The van der Waals surface area contributed by atoms with E-state index in [1.54, 1.807) is 48.5 Å². The zero-order chi connectivity index (χ0) is 48.3. The number of amides is 5. The zero-order valence-corrected chi connectivity index (χ0v) is 35.1. The Bertz CT molecular complexity index is 3290. The second kappa shape index (κ2) is 16.6. The van der Waals surface area contributed by atoms with Crippen LogP contribution < -0.4 is 15.1 Å². The van der Waals surface area contributed by atoms with Crippen LogP contribution in [0.4, 0.5) is 17.1 Å². The van der Waals surface area contributed by atoms with Crippen molar-refractivity contribution >= 4 is 104 Å². The second-order valence-electron chi connectivity index (χ2n) is 15.7. The Hall–Kier alpha value is -9.83. The first-order valence-electron chi connectivity index (χ1n) is 20.4. The topological polar surface area (TPSA) is 253 Å². The fraction of sp³-hybridized carbons (Fsp3) is 0.0192. The van der Waals surface area contributed by atoms with Gasteiger partial charge in [0.2, 0.25) is 5.91 Å². The summed E-state index contributed by atoms with van der Waals surface area (Å²) in [6.07, 6.45) is 4.68. The third kappa shape index (κ3) is 7.38. The minimum absolute atomic E-state index is 0.0190. The standard InChI is InChI=1S/C52H31N3O13/c1-25(56)53-30-22-31(54-47(61)35-14-12-33(28-8-2-26(3-9-28)6-20-41(57)58)43-39(51(65)66)18-16-37(45(35)43)49(54)63)24-32(23-30)55-48(62)36-15-13-34(29-10-4-27(5-11-29)7-21-42(59)60)44-40(52(67)68)19-17-38(46(36)44)50(55)64/h2-24H,1H3,(H,53,56)(H,57,58)(H,59,60)(H,65,66)(H,67,68)/b20-6+,21-7+. The lowest BCUT2D eigenvalue weighted by Gasteiger charge is -2.31. The molecule has 0 aromatic heterocycles. The van der Waals surface area contributed by atoms with Crippen LogP contribution in [0.25, 0.3) is 56.0 Å². The maximum absolute atomic E-state index is 14.7. The smallest absolute Gasteiger partial charge is 0.336 e. The molecule has 2 heterocycles. The number of imide groups is 2. The van der Waals surface area contributed by atoms with Gasteiger partial charge in [-0.2, -0.15) is 0 Å². The molecule has 332 valence electrons. The van der Waals surface area contributed by atoms with Crippen LogP contribution in [0.5, 0.6) is 0 Å². The first kappa shape index (κ1) is 43.4. The van der Waals surface area contributed by atoms with Crippen molar-refractivity contribution in [3.8, 4) is 22.3 Å². The van der Waals surface area contributed by atoms with E-state index in [1.807, 2.05) is 0 Å². The van der Waals surface area contributed by atoms with Crippen molar-refractivity contribution in [1.82, 2.24) is 0 Å². The highest BCUT2D eigenvalue weighted by Gasteiger charge is 2.39. The second-order valence-corrected chi connectivity index (χ2v) is 15.7. The van der Waals surface area contributed by atoms with Crippen LogP contribution in [0.2, 0.25) is 0 Å². The van der Waals surface area contributed by atoms with Gasteiger partial charge in [-0.25, -0.2) is 29.0 Å². The molecule has 7 aromatic carbocycles. The van der Waals surface area contributed by atoms with Crippen LogP contribution in [-0.2, 0) is 14.4 Å². The lowest BCUT2D eigenvalue weighted by atomic mass is 9.86. The van der Waals surface area contributed by atoms with Crippen LogP contribution >= 0.6 is 0 Å². The summed E-state index contributed by atoms with van der Waals surface area (Å²) in [4.78, 5) is 120. The molecule has 0 spiro atoms. The van der Waals surface area contributed by atoms with Crippen molar-refractivity contribution in [2.75, 3.05) is 15.1 Å². The molecule has 5 N–H and O–H groups in total. The van der Waals surface area contributed by atoms with E-state index < -0.39 is 53.4 Å². The lowest BCUT2D eigenvalue weighted by Crippen LogP contribution is -2.42. The van der Waals surface area contributed by atoms with Crippen LogP contribution in [0.3, 0.4) is 0 Å². The third-order valence-corrected chi connectivity index (χ3v) is 11.5. The van der Waals surface area contributed by atoms with Crippen molar-refractivity contribution in [3.63, 3.8) is 0 Å². The van der Waals surface area contributed by atoms with Crippen LogP contribution in [0, 0.1) is 0 Å². The number of carbonyl (C=O) groups excluding carboxylic acids is 5. The van der Waals surface area contributed by atoms with E-state index in [-0.39, 0.29) is 72.0 Å². The van der Waals surface area contributed by atoms with Crippen LogP contribution in [0.15, 0.2) is 127 Å². The molecule has 0 saturated carbocycles. The maximum atomic E-state index is 14.7. The van der Waals surface area contributed by atoms with Crippen LogP contribution in [0.1, 0.15) is 80.2 Å². The van der Waals surface area contributed by atoms with Gasteiger partial charge in [-0.05, 0) is 100 Å². The Morgan fingerprint density at radius 2 is 0.779 bits per heavy atom. The highest BCUT2D eigenvalue weighted by Crippen LogP contribution is 2.44. The summed E-state index contributed by atoms with van der Waals surface area (Å²) in [5, 5.41) is 41.6. The number of hydrogen-bond donors (Lipinski definition) is 5. The average Bonchev–Trinajstić information content (AvgIpc) is 3.30. The number of carboxylic acid groups (broad SMARTS) is 4. The number of carbonyl (C=O) groups is 9. The minimum atomic E-state index is -1.34. The van der Waals surface area contributed by atoms with Gasteiger partial charge in [-0.1, -0.05) is 60.7 Å². The Labute approximate surface area is 382 Å². The van der Waals surface area contributed by atoms with Crippen molar-refractivity contribution < 1.29 is 63.6 Å². The molecule has 0 fully saturated rings. The van der Waals surface area contributed by atoms with E-state index in [1.165, 1.54) is 85.8 Å². The van der Waals surface area contributed by atoms with E-state index in [4.69, 9.17) is 10.2 Å². The molecule has 2 aliphatic heterocycles. The van der Waals surface area contributed by atoms with Gasteiger partial charge >= 0.3 is 23.9 Å². The molecule has 9 rings (SSSR count). The van der Waals surface area contributed by atoms with Gasteiger partial charge in [-0.3, -0.25) is 24.0 Å². The van der Waals surface area contributed by atoms with Crippen LogP contribution in [-0.4, -0.2) is 73.8 Å². The molecule has 0 radical (unpaired) electrons. The van der Waals surface area contributed by atoms with Gasteiger partial charge < -0.3 is 25.7 Å². The normalized spacial score (nSPS) is 13.2. The largest absolute Gasteiger partial charge is 0.478 e. The number of aliphatic carboxylic acids is 2. The number of nitrogens with zero attached hydrogens (tertiary/aromatic N) is 2. The van der Waals surface area contributed by atoms with Gasteiger partial charge in [0.05, 0.1) is 22.5 Å². The molecule has 68 heavy (non-hydrogen) atoms. The molecule has 0 aliphatic carbocycles. The molecule has 7 aromatic rings. The molecule has 16 heteroatoms. The molecule has 2 aliphatic rings. The summed E-state index contributed by atoms with van der Waals surface area (Å²) < 4.78 is 0. The molecule has 5 amide bonds. The van der Waals surface area contributed by atoms with Gasteiger partial charge in [0.1, 0.15) is 0 Å². The van der Waals surface area contributed by atoms with E-state index in [9.17, 15) is 53.4 Å². The highest BCUT2D eigenvalue weighted by atomic mass is 16.4. The predicted molar refractivity (Wildman–Crippen MR) is 249 cm³/mol. The summed E-state index contributed by atoms with van der Waals surface area (Å²) in [6, 6.07) is 27.8. The van der Waals surface area contributed by atoms with Crippen molar-refractivity contribution in [3.05, 3.63) is 172 Å². The Balaban J connectivity index is 1.15. The van der Waals surface area contributed by atoms with E-state index in [0.717, 1.165) is 22.0 Å². The van der Waals surface area contributed by atoms with Crippen molar-refractivity contribution in [2.45, 2.75) is 6.92 Å². The highest BCUT2D eigenvalue weighted by molar-refractivity contribution is 6.39. The quantitative estimate of drug-likeness (QED) is 0.0604. The Morgan fingerprint density at radius 3 is 1.10 bits per heavy atom. The molecule has 0 unspecified atom stereocenters. The summed E-state index contributed by atoms with van der Waals surface area (Å²) in [7, 11) is 0. The SMILES string of the molecule is CC(=O)Nc1cc(N2C(=O)c3ccc(C(=O)O)c4c(-c5ccc(/C=C/C(=O)O)cc5)ccc(c34)C2=O)cc(N2C(=O)c3ccc(C(=O)O)c4c(-c5ccc(/C=C/C(=O)O)cc5)ccc(c34)C2=O)c1. The number of benzene rings is 7. The fourth-order valence-corrected chi connectivity index (χ4v) is 8.69. The first-order valence-corrected chi connectivity index (χ1v) is 20.4. The van der Waals surface area contributed by atoms with Crippen molar-refractivity contribution in [2.24, 2.45) is 0 Å². The van der Waals surface area contributed by atoms with Gasteiger partial charge in [0.25, 0.3) is 23.6 Å². The van der Waals surface area contributed by atoms with E-state index >= 15 is 0 Å². The number of anilines is 3. The molecule has 16 nitrogen and oxygen atoms in total. The molecule has 0 saturated heterocycles. The summed E-state index contributed by atoms with van der Waals surface area (Å²) >= 11 is 0. The number of rotatable bonds is 11. The third-order valence-electron chi connectivity index (χ3n) is 11.5.